The van der Waals surface area contributed by atoms with Gasteiger partial charge in [0.1, 0.15) is 23.7 Å². The third kappa shape index (κ3) is 3.35. The molecule has 0 radical (unpaired) electrons. The van der Waals surface area contributed by atoms with Crippen LogP contribution in [-0.2, 0) is 4.74 Å². The van der Waals surface area contributed by atoms with Crippen LogP contribution in [0.25, 0.3) is 0 Å². The summed E-state index contributed by atoms with van der Waals surface area (Å²) in [6.07, 6.45) is 1.19. The van der Waals surface area contributed by atoms with Gasteiger partial charge >= 0.3 is 0 Å². The van der Waals surface area contributed by atoms with Gasteiger partial charge in [0, 0.05) is 5.56 Å². The van der Waals surface area contributed by atoms with Crippen LogP contribution in [-0.4, -0.2) is 19.5 Å². The van der Waals surface area contributed by atoms with Crippen molar-refractivity contribution in [1.29, 1.82) is 5.26 Å². The van der Waals surface area contributed by atoms with E-state index in [0.29, 0.717) is 17.9 Å². The summed E-state index contributed by atoms with van der Waals surface area (Å²) < 4.78 is 9.93. The number of ether oxygens (including phenoxy) is 2. The van der Waals surface area contributed by atoms with E-state index in [-0.39, 0.29) is 11.4 Å². The normalized spacial score (nSPS) is 10.5. The van der Waals surface area contributed by atoms with Gasteiger partial charge in [0.05, 0.1) is 13.7 Å². The predicted octanol–water partition coefficient (Wildman–Crippen LogP) is 2.32. The molecule has 4 heteroatoms. The monoisotopic (exact) mass is 231 g/mol. The lowest BCUT2D eigenvalue weighted by atomic mass is 10.1. The molecule has 0 aromatic heterocycles. The van der Waals surface area contributed by atoms with Gasteiger partial charge < -0.3 is 9.47 Å². The molecule has 1 rings (SSSR count). The zero-order valence-electron chi connectivity index (χ0n) is 9.77. The number of hydrogen-bond donors (Lipinski definition) is 0. The molecule has 0 saturated carbocycles. The molecule has 0 spiro atoms. The molecule has 4 nitrogen and oxygen atoms in total. The Morgan fingerprint density at radius 1 is 1.41 bits per heavy atom. The van der Waals surface area contributed by atoms with Gasteiger partial charge in [0.2, 0.25) is 5.78 Å². The van der Waals surface area contributed by atoms with E-state index in [9.17, 15) is 4.79 Å². The molecular weight excluding hydrogens is 218 g/mol. The SMILES string of the molecule is CCOC=C(C#N)C(=O)c1ccc(OC)cc1. The van der Waals surface area contributed by atoms with Crippen LogP contribution in [0.4, 0.5) is 0 Å². The Morgan fingerprint density at radius 2 is 2.06 bits per heavy atom. The second-order valence-electron chi connectivity index (χ2n) is 3.16. The number of Topliss-reactive ketones (excluding diaryl/α,β-unsaturated/α-hetero) is 1. The summed E-state index contributed by atoms with van der Waals surface area (Å²) in [5.74, 6) is 0.303. The zero-order valence-corrected chi connectivity index (χ0v) is 9.77. The molecule has 0 bridgehead atoms. The van der Waals surface area contributed by atoms with Crippen molar-refractivity contribution in [2.24, 2.45) is 0 Å². The van der Waals surface area contributed by atoms with Gasteiger partial charge in [-0.3, -0.25) is 4.79 Å². The predicted molar refractivity (Wildman–Crippen MR) is 62.6 cm³/mol. The molecule has 0 heterocycles. The van der Waals surface area contributed by atoms with Crippen molar-refractivity contribution in [3.63, 3.8) is 0 Å². The van der Waals surface area contributed by atoms with Gasteiger partial charge in [-0.05, 0) is 31.2 Å². The van der Waals surface area contributed by atoms with E-state index in [2.05, 4.69) is 0 Å². The molecule has 0 amide bonds. The number of carbonyl (C=O) groups excluding carboxylic acids is 1. The first kappa shape index (κ1) is 12.8. The first-order valence-corrected chi connectivity index (χ1v) is 5.13. The smallest absolute Gasteiger partial charge is 0.206 e. The van der Waals surface area contributed by atoms with E-state index >= 15 is 0 Å². The van der Waals surface area contributed by atoms with Crippen LogP contribution >= 0.6 is 0 Å². The first-order chi connectivity index (χ1) is 8.22. The summed E-state index contributed by atoms with van der Waals surface area (Å²) in [7, 11) is 1.55. The number of carbonyl (C=O) groups is 1. The number of methoxy groups -OCH3 is 1. The topological polar surface area (TPSA) is 59.3 Å². The zero-order chi connectivity index (χ0) is 12.7. The van der Waals surface area contributed by atoms with Gasteiger partial charge in [-0.1, -0.05) is 0 Å². The molecule has 0 unspecified atom stereocenters. The van der Waals surface area contributed by atoms with Crippen molar-refractivity contribution in [1.82, 2.24) is 0 Å². The summed E-state index contributed by atoms with van der Waals surface area (Å²) in [4.78, 5) is 11.9. The Morgan fingerprint density at radius 3 is 2.53 bits per heavy atom. The van der Waals surface area contributed by atoms with Crippen molar-refractivity contribution in [3.8, 4) is 11.8 Å². The van der Waals surface area contributed by atoms with Crippen LogP contribution < -0.4 is 4.74 Å². The largest absolute Gasteiger partial charge is 0.500 e. The summed E-state index contributed by atoms with van der Waals surface area (Å²) in [5.41, 5.74) is 0.412. The minimum Gasteiger partial charge on any atom is -0.500 e. The second kappa shape index (κ2) is 6.33. The standard InChI is InChI=1S/C13H13NO3/c1-3-17-9-11(8-14)13(15)10-4-6-12(16-2)7-5-10/h4-7,9H,3H2,1-2H3. The number of nitrogens with zero attached hydrogens (tertiary/aromatic N) is 1. The number of nitriles is 1. The molecule has 0 fully saturated rings. The van der Waals surface area contributed by atoms with E-state index in [1.807, 2.05) is 6.07 Å². The Balaban J connectivity index is 2.91. The Kier molecular flexibility index (Phi) is 4.77. The molecule has 0 aliphatic carbocycles. The van der Waals surface area contributed by atoms with Gasteiger partial charge in [0.15, 0.2) is 0 Å². The average Bonchev–Trinajstić information content (AvgIpc) is 2.39. The molecule has 88 valence electrons. The van der Waals surface area contributed by atoms with Crippen molar-refractivity contribution in [2.75, 3.05) is 13.7 Å². The van der Waals surface area contributed by atoms with E-state index in [0.717, 1.165) is 0 Å². The Labute approximate surface area is 100 Å². The van der Waals surface area contributed by atoms with Crippen molar-refractivity contribution < 1.29 is 14.3 Å². The number of rotatable bonds is 5. The van der Waals surface area contributed by atoms with Crippen LogP contribution in [0.5, 0.6) is 5.75 Å². The van der Waals surface area contributed by atoms with E-state index in [1.54, 1.807) is 38.3 Å². The van der Waals surface area contributed by atoms with Crippen molar-refractivity contribution >= 4 is 5.78 Å². The summed E-state index contributed by atoms with van der Waals surface area (Å²) in [6, 6.07) is 8.38. The molecular formula is C13H13NO3. The molecule has 0 N–H and O–H groups in total. The third-order valence-electron chi connectivity index (χ3n) is 2.09. The van der Waals surface area contributed by atoms with E-state index in [4.69, 9.17) is 14.7 Å². The van der Waals surface area contributed by atoms with Crippen LogP contribution in [0.2, 0.25) is 0 Å². The molecule has 1 aromatic carbocycles. The fourth-order valence-electron chi connectivity index (χ4n) is 1.20. The lowest BCUT2D eigenvalue weighted by Gasteiger charge is -2.02. The highest BCUT2D eigenvalue weighted by atomic mass is 16.5. The first-order valence-electron chi connectivity index (χ1n) is 5.13. The average molecular weight is 231 g/mol. The van der Waals surface area contributed by atoms with Crippen LogP contribution in [0.15, 0.2) is 36.1 Å². The van der Waals surface area contributed by atoms with Gasteiger partial charge in [0.25, 0.3) is 0 Å². The minimum atomic E-state index is -0.358. The molecule has 0 atom stereocenters. The quantitative estimate of drug-likeness (QED) is 0.338. The minimum absolute atomic E-state index is 0.0167. The van der Waals surface area contributed by atoms with Gasteiger partial charge in [-0.2, -0.15) is 5.26 Å². The van der Waals surface area contributed by atoms with E-state index in [1.165, 1.54) is 6.26 Å². The molecule has 0 saturated heterocycles. The summed E-state index contributed by atoms with van der Waals surface area (Å²) in [6.45, 7) is 2.20. The van der Waals surface area contributed by atoms with Crippen molar-refractivity contribution in [2.45, 2.75) is 6.92 Å². The molecule has 1 aromatic rings. The highest BCUT2D eigenvalue weighted by molar-refractivity contribution is 6.11. The van der Waals surface area contributed by atoms with Crippen molar-refractivity contribution in [3.05, 3.63) is 41.7 Å². The number of ketones is 1. The maximum Gasteiger partial charge on any atom is 0.206 e. The van der Waals surface area contributed by atoms with Gasteiger partial charge in [-0.25, -0.2) is 0 Å². The van der Waals surface area contributed by atoms with Gasteiger partial charge in [-0.15, -0.1) is 0 Å². The Bertz CT molecular complexity index is 455. The summed E-state index contributed by atoms with van der Waals surface area (Å²) in [5, 5.41) is 8.84. The number of allylic oxidation sites excluding steroid dienone is 1. The molecule has 0 aliphatic rings. The summed E-state index contributed by atoms with van der Waals surface area (Å²) >= 11 is 0. The lowest BCUT2D eigenvalue weighted by molar-refractivity contribution is 0.103. The number of hydrogen-bond acceptors (Lipinski definition) is 4. The van der Waals surface area contributed by atoms with Crippen LogP contribution in [0.1, 0.15) is 17.3 Å². The lowest BCUT2D eigenvalue weighted by Crippen LogP contribution is -2.02. The Hall–Kier alpha value is -2.28. The molecule has 17 heavy (non-hydrogen) atoms. The van der Waals surface area contributed by atoms with Crippen LogP contribution in [0.3, 0.4) is 0 Å². The number of benzene rings is 1. The highest BCUT2D eigenvalue weighted by Crippen LogP contribution is 2.14. The fraction of sp³-hybridized carbons (Fsp3) is 0.231. The maximum atomic E-state index is 11.9. The second-order valence-corrected chi connectivity index (χ2v) is 3.16. The maximum absolute atomic E-state index is 11.9. The highest BCUT2D eigenvalue weighted by Gasteiger charge is 2.12. The van der Waals surface area contributed by atoms with E-state index < -0.39 is 0 Å². The fourth-order valence-corrected chi connectivity index (χ4v) is 1.20. The molecule has 0 aliphatic heterocycles. The third-order valence-corrected chi connectivity index (χ3v) is 2.09. The van der Waals surface area contributed by atoms with Crippen LogP contribution in [0, 0.1) is 11.3 Å².